The molecule has 2 atom stereocenters. The van der Waals surface area contributed by atoms with Crippen LogP contribution in [0.15, 0.2) is 0 Å². The lowest BCUT2D eigenvalue weighted by Crippen LogP contribution is -2.47. The van der Waals surface area contributed by atoms with Gasteiger partial charge in [-0.3, -0.25) is 0 Å². The lowest BCUT2D eigenvalue weighted by atomic mass is 9.85. The van der Waals surface area contributed by atoms with Gasteiger partial charge in [0.1, 0.15) is 0 Å². The van der Waals surface area contributed by atoms with Crippen molar-refractivity contribution in [2.45, 2.75) is 63.2 Å². The molecule has 2 unspecified atom stereocenters. The standard InChI is InChI=1S/C14H26F3NO2/c1-18(14(16,17)10-15)9-13(20)12(19)8-7-11-5-3-2-4-6-11/h11-13,19-20H,2-10H2,1H3. The molecule has 0 radical (unpaired) electrons. The van der Waals surface area contributed by atoms with Crippen molar-refractivity contribution in [2.24, 2.45) is 5.92 Å². The zero-order valence-corrected chi connectivity index (χ0v) is 12.1. The van der Waals surface area contributed by atoms with Crippen LogP contribution in [0.3, 0.4) is 0 Å². The Labute approximate surface area is 118 Å². The van der Waals surface area contributed by atoms with Crippen LogP contribution in [-0.2, 0) is 0 Å². The number of likely N-dealkylation sites (N-methyl/N-ethyl adjacent to an activating group) is 1. The quantitative estimate of drug-likeness (QED) is 0.677. The van der Waals surface area contributed by atoms with Crippen LogP contribution >= 0.6 is 0 Å². The molecule has 1 aliphatic carbocycles. The molecule has 0 bridgehead atoms. The Hall–Kier alpha value is -0.330. The third kappa shape index (κ3) is 5.58. The Kier molecular flexibility index (Phi) is 7.26. The minimum absolute atomic E-state index is 0.404. The van der Waals surface area contributed by atoms with Gasteiger partial charge in [0.05, 0.1) is 12.2 Å². The number of rotatable bonds is 8. The second kappa shape index (κ2) is 8.20. The summed E-state index contributed by atoms with van der Waals surface area (Å²) in [5, 5.41) is 19.5. The van der Waals surface area contributed by atoms with E-state index in [2.05, 4.69) is 0 Å². The van der Waals surface area contributed by atoms with Crippen LogP contribution < -0.4 is 0 Å². The van der Waals surface area contributed by atoms with Crippen molar-refractivity contribution in [3.8, 4) is 0 Å². The average molecular weight is 297 g/mol. The molecule has 3 nitrogen and oxygen atoms in total. The summed E-state index contributed by atoms with van der Waals surface area (Å²) < 4.78 is 38.1. The summed E-state index contributed by atoms with van der Waals surface area (Å²) in [6, 6.07) is -3.59. The highest BCUT2D eigenvalue weighted by Gasteiger charge is 2.36. The van der Waals surface area contributed by atoms with Crippen molar-refractivity contribution in [1.29, 1.82) is 0 Å². The van der Waals surface area contributed by atoms with E-state index < -0.39 is 31.5 Å². The molecule has 2 N–H and O–H groups in total. The fraction of sp³-hybridized carbons (Fsp3) is 1.00. The first-order valence-electron chi connectivity index (χ1n) is 7.38. The van der Waals surface area contributed by atoms with Crippen LogP contribution in [0.1, 0.15) is 44.9 Å². The van der Waals surface area contributed by atoms with Crippen molar-refractivity contribution >= 4 is 0 Å². The zero-order chi connectivity index (χ0) is 15.2. The van der Waals surface area contributed by atoms with Gasteiger partial charge in [0.2, 0.25) is 0 Å². The first-order valence-corrected chi connectivity index (χ1v) is 7.38. The van der Waals surface area contributed by atoms with E-state index in [4.69, 9.17) is 0 Å². The highest BCUT2D eigenvalue weighted by atomic mass is 19.3. The van der Waals surface area contributed by atoms with Crippen LogP contribution in [0.5, 0.6) is 0 Å². The van der Waals surface area contributed by atoms with Gasteiger partial charge in [-0.1, -0.05) is 32.1 Å². The van der Waals surface area contributed by atoms with E-state index in [0.29, 0.717) is 17.2 Å². The molecule has 6 heteroatoms. The Morgan fingerprint density at radius 1 is 1.15 bits per heavy atom. The monoisotopic (exact) mass is 297 g/mol. The minimum atomic E-state index is -3.59. The predicted octanol–water partition coefficient (Wildman–Crippen LogP) is 2.56. The van der Waals surface area contributed by atoms with E-state index in [9.17, 15) is 23.4 Å². The van der Waals surface area contributed by atoms with Crippen molar-refractivity contribution in [1.82, 2.24) is 4.90 Å². The van der Waals surface area contributed by atoms with Gasteiger partial charge in [-0.05, 0) is 25.8 Å². The summed E-state index contributed by atoms with van der Waals surface area (Å²) >= 11 is 0. The highest BCUT2D eigenvalue weighted by molar-refractivity contribution is 4.76. The maximum Gasteiger partial charge on any atom is 0.332 e. The number of hydrogen-bond acceptors (Lipinski definition) is 3. The molecule has 120 valence electrons. The van der Waals surface area contributed by atoms with Crippen molar-refractivity contribution in [2.75, 3.05) is 20.3 Å². The Balaban J connectivity index is 2.29. The third-order valence-electron chi connectivity index (χ3n) is 4.22. The summed E-state index contributed by atoms with van der Waals surface area (Å²) in [4.78, 5) is 0.446. The SMILES string of the molecule is CN(CC(O)C(O)CCC1CCCCC1)C(F)(F)CF. The predicted molar refractivity (Wildman–Crippen MR) is 71.4 cm³/mol. The highest BCUT2D eigenvalue weighted by Crippen LogP contribution is 2.28. The first-order chi connectivity index (χ1) is 9.36. The molecule has 0 aromatic carbocycles. The Morgan fingerprint density at radius 3 is 2.30 bits per heavy atom. The second-order valence-electron chi connectivity index (χ2n) is 5.90. The van der Waals surface area contributed by atoms with Crippen LogP contribution in [0.2, 0.25) is 0 Å². The lowest BCUT2D eigenvalue weighted by Gasteiger charge is -2.29. The molecule has 0 amide bonds. The number of hydrogen-bond donors (Lipinski definition) is 2. The molecule has 20 heavy (non-hydrogen) atoms. The van der Waals surface area contributed by atoms with Gasteiger partial charge in [0.15, 0.2) is 6.67 Å². The molecule has 1 aliphatic rings. The van der Waals surface area contributed by atoms with E-state index in [1.54, 1.807) is 0 Å². The van der Waals surface area contributed by atoms with Gasteiger partial charge in [-0.25, -0.2) is 9.29 Å². The summed E-state index contributed by atoms with van der Waals surface area (Å²) in [5.41, 5.74) is 0. The molecule has 0 saturated heterocycles. The van der Waals surface area contributed by atoms with Crippen LogP contribution in [0.4, 0.5) is 13.2 Å². The van der Waals surface area contributed by atoms with Gasteiger partial charge < -0.3 is 10.2 Å². The van der Waals surface area contributed by atoms with Crippen LogP contribution in [-0.4, -0.2) is 53.6 Å². The second-order valence-corrected chi connectivity index (χ2v) is 5.90. The number of aliphatic hydroxyl groups excluding tert-OH is 2. The summed E-state index contributed by atoms with van der Waals surface area (Å²) in [5.74, 6) is 0.565. The van der Waals surface area contributed by atoms with Crippen molar-refractivity contribution < 1.29 is 23.4 Å². The number of aliphatic hydroxyl groups is 2. The minimum Gasteiger partial charge on any atom is -0.390 e. The molecule has 0 spiro atoms. The van der Waals surface area contributed by atoms with E-state index in [1.807, 2.05) is 0 Å². The molecular formula is C14H26F3NO2. The first kappa shape index (κ1) is 17.7. The van der Waals surface area contributed by atoms with E-state index in [1.165, 1.54) is 19.3 Å². The lowest BCUT2D eigenvalue weighted by molar-refractivity contribution is -0.162. The summed E-state index contributed by atoms with van der Waals surface area (Å²) in [7, 11) is 1.04. The number of alkyl halides is 3. The molecule has 0 aromatic heterocycles. The van der Waals surface area contributed by atoms with Crippen LogP contribution in [0, 0.1) is 5.92 Å². The maximum atomic E-state index is 13.0. The topological polar surface area (TPSA) is 43.7 Å². The molecular weight excluding hydrogens is 271 g/mol. The van der Waals surface area contributed by atoms with Gasteiger partial charge in [-0.15, -0.1) is 0 Å². The summed E-state index contributed by atoms with van der Waals surface area (Å²) in [6.45, 7) is -2.24. The van der Waals surface area contributed by atoms with Gasteiger partial charge >= 0.3 is 6.05 Å². The largest absolute Gasteiger partial charge is 0.390 e. The normalized spacial score (nSPS) is 21.1. The number of halogens is 3. The third-order valence-corrected chi connectivity index (χ3v) is 4.22. The van der Waals surface area contributed by atoms with Crippen LogP contribution in [0.25, 0.3) is 0 Å². The average Bonchev–Trinajstić information content (AvgIpc) is 2.45. The van der Waals surface area contributed by atoms with E-state index >= 15 is 0 Å². The van der Waals surface area contributed by atoms with Crippen molar-refractivity contribution in [3.05, 3.63) is 0 Å². The van der Waals surface area contributed by atoms with Gasteiger partial charge in [0.25, 0.3) is 0 Å². The smallest absolute Gasteiger partial charge is 0.332 e. The van der Waals surface area contributed by atoms with E-state index in [0.717, 1.165) is 26.3 Å². The fourth-order valence-corrected chi connectivity index (χ4v) is 2.71. The Bertz CT molecular complexity index is 273. The van der Waals surface area contributed by atoms with Gasteiger partial charge in [-0.2, -0.15) is 8.78 Å². The van der Waals surface area contributed by atoms with E-state index in [-0.39, 0.29) is 0 Å². The molecule has 0 heterocycles. The zero-order valence-electron chi connectivity index (χ0n) is 12.1. The maximum absolute atomic E-state index is 13.0. The molecule has 1 fully saturated rings. The molecule has 1 saturated carbocycles. The molecule has 0 aromatic rings. The molecule has 0 aliphatic heterocycles. The fourth-order valence-electron chi connectivity index (χ4n) is 2.71. The van der Waals surface area contributed by atoms with Crippen molar-refractivity contribution in [3.63, 3.8) is 0 Å². The summed E-state index contributed by atoms with van der Waals surface area (Å²) in [6.07, 6.45) is 4.85. The van der Waals surface area contributed by atoms with Gasteiger partial charge in [0, 0.05) is 6.54 Å². The molecule has 1 rings (SSSR count). The number of nitrogens with zero attached hydrogens (tertiary/aromatic N) is 1. The Morgan fingerprint density at radius 2 is 1.75 bits per heavy atom.